The highest BCUT2D eigenvalue weighted by molar-refractivity contribution is 5.82. The van der Waals surface area contributed by atoms with Gasteiger partial charge < -0.3 is 20.7 Å². The molecule has 0 amide bonds. The van der Waals surface area contributed by atoms with E-state index in [1.54, 1.807) is 12.4 Å². The summed E-state index contributed by atoms with van der Waals surface area (Å²) in [4.78, 5) is 10.1. The predicted octanol–water partition coefficient (Wildman–Crippen LogP) is 3.38. The number of hydrogen-bond donors (Lipinski definition) is 3. The maximum Gasteiger partial charge on any atom is 0.123 e. The average Bonchev–Trinajstić information content (AvgIpc) is 3.21. The molecule has 6 heteroatoms. The van der Waals surface area contributed by atoms with Crippen LogP contribution in [0, 0.1) is 5.82 Å². The topological polar surface area (TPSA) is 78.2 Å². The van der Waals surface area contributed by atoms with Crippen molar-refractivity contribution in [1.82, 2.24) is 14.9 Å². The van der Waals surface area contributed by atoms with Gasteiger partial charge in [0.1, 0.15) is 5.82 Å². The zero-order valence-electron chi connectivity index (χ0n) is 16.4. The zero-order chi connectivity index (χ0) is 20.2. The van der Waals surface area contributed by atoms with E-state index < -0.39 is 0 Å². The number of nitrogens with one attached hydrogen (secondary N) is 1. The monoisotopic (exact) mass is 394 g/mol. The molecular weight excluding hydrogens is 367 g/mol. The molecule has 0 unspecified atom stereocenters. The minimum atomic E-state index is -0.237. The standard InChI is InChI=1S/C23H27FN4O/c24-19-3-1-18(2-4-19)23-21(16-5-9-26-10-6-16)13-22(27-23)17-7-11-28(12-8-17)14-20(25)15-29/h1-6,9-10,13,17,20,27,29H,7-8,11-12,14-15,25H2/t20-/m0/s1. The summed E-state index contributed by atoms with van der Waals surface area (Å²) in [5, 5.41) is 9.18. The van der Waals surface area contributed by atoms with Crippen molar-refractivity contribution in [1.29, 1.82) is 0 Å². The Morgan fingerprint density at radius 3 is 2.45 bits per heavy atom. The number of nitrogens with zero attached hydrogens (tertiary/aromatic N) is 2. The van der Waals surface area contributed by atoms with Gasteiger partial charge in [0.2, 0.25) is 0 Å². The Labute approximate surface area is 170 Å². The molecule has 1 atom stereocenters. The molecule has 0 bridgehead atoms. The number of aliphatic hydroxyl groups is 1. The SMILES string of the molecule is N[C@H](CO)CN1CCC(c2cc(-c3ccncc3)c(-c3ccc(F)cc3)[nH]2)CC1. The van der Waals surface area contributed by atoms with E-state index in [1.165, 1.54) is 17.8 Å². The first-order valence-corrected chi connectivity index (χ1v) is 10.1. The van der Waals surface area contributed by atoms with Gasteiger partial charge in [0.15, 0.2) is 0 Å². The molecule has 2 aromatic heterocycles. The average molecular weight is 394 g/mol. The first-order chi connectivity index (χ1) is 14.1. The van der Waals surface area contributed by atoms with E-state index in [0.717, 1.165) is 54.9 Å². The van der Waals surface area contributed by atoms with E-state index in [2.05, 4.69) is 20.9 Å². The van der Waals surface area contributed by atoms with Crippen molar-refractivity contribution in [3.63, 3.8) is 0 Å². The predicted molar refractivity (Wildman–Crippen MR) is 113 cm³/mol. The smallest absolute Gasteiger partial charge is 0.123 e. The summed E-state index contributed by atoms with van der Waals surface area (Å²) in [6.45, 7) is 2.69. The number of pyridine rings is 1. The van der Waals surface area contributed by atoms with Crippen molar-refractivity contribution in [3.05, 3.63) is 66.4 Å². The Morgan fingerprint density at radius 2 is 1.79 bits per heavy atom. The summed E-state index contributed by atoms with van der Waals surface area (Å²) < 4.78 is 13.4. The van der Waals surface area contributed by atoms with E-state index in [1.807, 2.05) is 24.3 Å². The molecule has 0 spiro atoms. The zero-order valence-corrected chi connectivity index (χ0v) is 16.4. The molecule has 152 valence electrons. The van der Waals surface area contributed by atoms with Crippen LogP contribution in [-0.2, 0) is 0 Å². The molecule has 3 heterocycles. The number of halogens is 1. The van der Waals surface area contributed by atoms with Gasteiger partial charge in [0.25, 0.3) is 0 Å². The number of H-pyrrole nitrogens is 1. The highest BCUT2D eigenvalue weighted by atomic mass is 19.1. The molecule has 1 saturated heterocycles. The van der Waals surface area contributed by atoms with Crippen molar-refractivity contribution in [2.24, 2.45) is 5.73 Å². The molecule has 1 aromatic carbocycles. The maximum absolute atomic E-state index is 13.4. The number of piperidine rings is 1. The summed E-state index contributed by atoms with van der Waals surface area (Å²) in [5.41, 5.74) is 11.3. The summed E-state index contributed by atoms with van der Waals surface area (Å²) in [5.74, 6) is 0.200. The van der Waals surface area contributed by atoms with Crippen LogP contribution < -0.4 is 5.73 Å². The Balaban J connectivity index is 1.60. The van der Waals surface area contributed by atoms with Gasteiger partial charge in [0.05, 0.1) is 12.3 Å². The number of aromatic amines is 1. The first-order valence-electron chi connectivity index (χ1n) is 10.1. The number of nitrogens with two attached hydrogens (primary N) is 1. The van der Waals surface area contributed by atoms with Gasteiger partial charge in [-0.25, -0.2) is 4.39 Å². The van der Waals surface area contributed by atoms with Crippen molar-refractivity contribution in [2.75, 3.05) is 26.2 Å². The van der Waals surface area contributed by atoms with Gasteiger partial charge in [-0.05, 0) is 79.5 Å². The van der Waals surface area contributed by atoms with Crippen LogP contribution in [0.5, 0.6) is 0 Å². The highest BCUT2D eigenvalue weighted by Gasteiger charge is 2.24. The molecule has 0 aliphatic carbocycles. The van der Waals surface area contributed by atoms with Crippen LogP contribution in [0.15, 0.2) is 54.9 Å². The molecule has 5 nitrogen and oxygen atoms in total. The van der Waals surface area contributed by atoms with E-state index in [0.29, 0.717) is 5.92 Å². The van der Waals surface area contributed by atoms with Crippen LogP contribution in [0.2, 0.25) is 0 Å². The Hall–Kier alpha value is -2.54. The van der Waals surface area contributed by atoms with Crippen LogP contribution >= 0.6 is 0 Å². The summed E-state index contributed by atoms with van der Waals surface area (Å²) >= 11 is 0. The van der Waals surface area contributed by atoms with E-state index in [-0.39, 0.29) is 18.5 Å². The Morgan fingerprint density at radius 1 is 1.10 bits per heavy atom. The highest BCUT2D eigenvalue weighted by Crippen LogP contribution is 2.37. The Kier molecular flexibility index (Phi) is 6.04. The lowest BCUT2D eigenvalue weighted by Gasteiger charge is -2.32. The summed E-state index contributed by atoms with van der Waals surface area (Å²) in [6.07, 6.45) is 5.66. The number of rotatable bonds is 6. The van der Waals surface area contributed by atoms with Crippen molar-refractivity contribution < 1.29 is 9.50 Å². The Bertz CT molecular complexity index is 918. The summed E-state index contributed by atoms with van der Waals surface area (Å²) in [6, 6.07) is 12.7. The fourth-order valence-corrected chi connectivity index (χ4v) is 4.11. The largest absolute Gasteiger partial charge is 0.395 e. The fraction of sp³-hybridized carbons (Fsp3) is 0.348. The molecule has 3 aromatic rings. The number of likely N-dealkylation sites (tertiary alicyclic amines) is 1. The van der Waals surface area contributed by atoms with Crippen LogP contribution in [-0.4, -0.2) is 52.3 Å². The van der Waals surface area contributed by atoms with E-state index in [9.17, 15) is 9.50 Å². The first kappa shape index (κ1) is 19.8. The van der Waals surface area contributed by atoms with Gasteiger partial charge in [-0.3, -0.25) is 4.98 Å². The molecule has 4 N–H and O–H groups in total. The number of benzene rings is 1. The maximum atomic E-state index is 13.4. The van der Waals surface area contributed by atoms with Crippen molar-refractivity contribution >= 4 is 0 Å². The third kappa shape index (κ3) is 4.56. The third-order valence-corrected chi connectivity index (χ3v) is 5.72. The van der Waals surface area contributed by atoms with Gasteiger partial charge in [0, 0.05) is 42.2 Å². The van der Waals surface area contributed by atoms with Crippen molar-refractivity contribution in [3.8, 4) is 22.4 Å². The molecule has 0 radical (unpaired) electrons. The normalized spacial score (nSPS) is 16.8. The minimum absolute atomic E-state index is 0.0207. The molecule has 0 saturated carbocycles. The second-order valence-corrected chi connectivity index (χ2v) is 7.77. The lowest BCUT2D eigenvalue weighted by molar-refractivity contribution is 0.170. The van der Waals surface area contributed by atoms with Crippen LogP contribution in [0.4, 0.5) is 4.39 Å². The van der Waals surface area contributed by atoms with Gasteiger partial charge in [-0.1, -0.05) is 0 Å². The minimum Gasteiger partial charge on any atom is -0.395 e. The van der Waals surface area contributed by atoms with Gasteiger partial charge >= 0.3 is 0 Å². The molecular formula is C23H27FN4O. The number of hydrogen-bond acceptors (Lipinski definition) is 4. The fourth-order valence-electron chi connectivity index (χ4n) is 4.11. The van der Waals surface area contributed by atoms with Gasteiger partial charge in [-0.15, -0.1) is 0 Å². The molecule has 1 aliphatic rings. The summed E-state index contributed by atoms with van der Waals surface area (Å²) in [7, 11) is 0. The van der Waals surface area contributed by atoms with Crippen molar-refractivity contribution in [2.45, 2.75) is 24.8 Å². The number of aromatic nitrogens is 2. The molecule has 1 fully saturated rings. The molecule has 4 rings (SSSR count). The van der Waals surface area contributed by atoms with Gasteiger partial charge in [-0.2, -0.15) is 0 Å². The van der Waals surface area contributed by atoms with E-state index in [4.69, 9.17) is 5.73 Å². The third-order valence-electron chi connectivity index (χ3n) is 5.72. The lowest BCUT2D eigenvalue weighted by atomic mass is 9.92. The van der Waals surface area contributed by atoms with Crippen LogP contribution in [0.1, 0.15) is 24.5 Å². The number of aliphatic hydroxyl groups excluding tert-OH is 1. The quantitative estimate of drug-likeness (QED) is 0.599. The molecule has 29 heavy (non-hydrogen) atoms. The second kappa shape index (κ2) is 8.86. The van der Waals surface area contributed by atoms with Crippen LogP contribution in [0.3, 0.4) is 0 Å². The van der Waals surface area contributed by atoms with Crippen LogP contribution in [0.25, 0.3) is 22.4 Å². The van der Waals surface area contributed by atoms with E-state index >= 15 is 0 Å². The second-order valence-electron chi connectivity index (χ2n) is 7.77. The molecule has 1 aliphatic heterocycles. The lowest BCUT2D eigenvalue weighted by Crippen LogP contribution is -2.43.